The smallest absolute Gasteiger partial charge is 0.310 e. The molecule has 6 heteroatoms. The van der Waals surface area contributed by atoms with Crippen molar-refractivity contribution in [2.45, 2.75) is 31.7 Å². The van der Waals surface area contributed by atoms with E-state index in [0.29, 0.717) is 6.42 Å². The zero-order valence-electron chi connectivity index (χ0n) is 15.5. The Bertz CT molecular complexity index is 796. The zero-order chi connectivity index (χ0) is 18.5. The second-order valence-electron chi connectivity index (χ2n) is 7.12. The third-order valence-corrected chi connectivity index (χ3v) is 5.20. The summed E-state index contributed by atoms with van der Waals surface area (Å²) in [7, 11) is 1.38. The van der Waals surface area contributed by atoms with E-state index in [1.165, 1.54) is 7.11 Å². The summed E-state index contributed by atoms with van der Waals surface area (Å²) >= 11 is 0. The van der Waals surface area contributed by atoms with Crippen molar-refractivity contribution >= 4 is 35.1 Å². The molecular formula is C21H27ClN2O3. The van der Waals surface area contributed by atoms with Gasteiger partial charge in [0.1, 0.15) is 0 Å². The predicted molar refractivity (Wildman–Crippen MR) is 109 cm³/mol. The molecule has 1 aliphatic rings. The number of rotatable bonds is 6. The molecule has 3 rings (SSSR count). The molecule has 5 nitrogen and oxygen atoms in total. The number of amides is 1. The lowest BCUT2D eigenvalue weighted by Crippen LogP contribution is -2.37. The molecule has 3 unspecified atom stereocenters. The van der Waals surface area contributed by atoms with Gasteiger partial charge in [-0.05, 0) is 42.0 Å². The number of esters is 1. The highest BCUT2D eigenvalue weighted by atomic mass is 35.5. The fourth-order valence-electron chi connectivity index (χ4n) is 3.68. The van der Waals surface area contributed by atoms with Crippen molar-refractivity contribution in [3.8, 4) is 0 Å². The van der Waals surface area contributed by atoms with Crippen molar-refractivity contribution < 1.29 is 14.3 Å². The van der Waals surface area contributed by atoms with Crippen LogP contribution in [0.5, 0.6) is 0 Å². The molecule has 0 heterocycles. The van der Waals surface area contributed by atoms with Crippen LogP contribution in [0.2, 0.25) is 0 Å². The van der Waals surface area contributed by atoms with Crippen LogP contribution in [-0.4, -0.2) is 31.6 Å². The van der Waals surface area contributed by atoms with Gasteiger partial charge in [0.15, 0.2) is 0 Å². The lowest BCUT2D eigenvalue weighted by atomic mass is 9.96. The Labute approximate surface area is 166 Å². The number of hydrogen-bond donors (Lipinski definition) is 2. The molecule has 146 valence electrons. The Morgan fingerprint density at radius 2 is 1.93 bits per heavy atom. The molecule has 27 heavy (non-hydrogen) atoms. The standard InChI is InChI=1S/C21H26N2O3.ClH/c1-26-21(25)18(13-23-20(24)17-8-9-19(22)12-17)11-14-6-7-15-4-2-3-5-16(15)10-14;/h2-7,10,17-19H,8-9,11-13,22H2,1H3,(H,23,24);1H. The number of ether oxygens (including phenoxy) is 1. The highest BCUT2D eigenvalue weighted by molar-refractivity contribution is 5.85. The summed E-state index contributed by atoms with van der Waals surface area (Å²) in [5, 5.41) is 5.22. The molecule has 0 aromatic heterocycles. The number of nitrogens with two attached hydrogens (primary N) is 1. The fourth-order valence-corrected chi connectivity index (χ4v) is 3.68. The first-order valence-electron chi connectivity index (χ1n) is 9.15. The van der Waals surface area contributed by atoms with Gasteiger partial charge in [-0.25, -0.2) is 0 Å². The minimum atomic E-state index is -0.403. The normalized spacial score (nSPS) is 19.9. The van der Waals surface area contributed by atoms with E-state index in [0.717, 1.165) is 35.6 Å². The van der Waals surface area contributed by atoms with Crippen molar-refractivity contribution in [2.24, 2.45) is 17.6 Å². The minimum Gasteiger partial charge on any atom is -0.469 e. The highest BCUT2D eigenvalue weighted by Crippen LogP contribution is 2.24. The van der Waals surface area contributed by atoms with Crippen LogP contribution in [0.25, 0.3) is 10.8 Å². The van der Waals surface area contributed by atoms with Crippen molar-refractivity contribution in [2.75, 3.05) is 13.7 Å². The first kappa shape index (κ1) is 21.2. The van der Waals surface area contributed by atoms with Gasteiger partial charge in [0, 0.05) is 18.5 Å². The van der Waals surface area contributed by atoms with Crippen LogP contribution in [-0.2, 0) is 20.7 Å². The van der Waals surface area contributed by atoms with Gasteiger partial charge in [-0.3, -0.25) is 9.59 Å². The lowest BCUT2D eigenvalue weighted by Gasteiger charge is -2.17. The van der Waals surface area contributed by atoms with Crippen LogP contribution in [0.3, 0.4) is 0 Å². The molecular weight excluding hydrogens is 364 g/mol. The number of methoxy groups -OCH3 is 1. The van der Waals surface area contributed by atoms with Gasteiger partial charge in [-0.2, -0.15) is 0 Å². The number of halogens is 1. The number of carbonyl (C=O) groups excluding carboxylic acids is 2. The first-order valence-corrected chi connectivity index (χ1v) is 9.15. The number of carbonyl (C=O) groups is 2. The summed E-state index contributed by atoms with van der Waals surface area (Å²) in [5.74, 6) is -0.754. The van der Waals surface area contributed by atoms with Gasteiger partial charge < -0.3 is 15.8 Å². The summed E-state index contributed by atoms with van der Waals surface area (Å²) in [5.41, 5.74) is 6.93. The highest BCUT2D eigenvalue weighted by Gasteiger charge is 2.29. The molecule has 0 bridgehead atoms. The molecule has 3 N–H and O–H groups in total. The van der Waals surface area contributed by atoms with Gasteiger partial charge in [-0.15, -0.1) is 12.4 Å². The van der Waals surface area contributed by atoms with Crippen LogP contribution in [0.15, 0.2) is 42.5 Å². The molecule has 1 amide bonds. The first-order chi connectivity index (χ1) is 12.6. The third-order valence-electron chi connectivity index (χ3n) is 5.20. The largest absolute Gasteiger partial charge is 0.469 e. The molecule has 1 fully saturated rings. The lowest BCUT2D eigenvalue weighted by molar-refractivity contribution is -0.145. The van der Waals surface area contributed by atoms with Crippen LogP contribution in [0.1, 0.15) is 24.8 Å². The summed E-state index contributed by atoms with van der Waals surface area (Å²) in [4.78, 5) is 24.5. The number of hydrogen-bond acceptors (Lipinski definition) is 4. The van der Waals surface area contributed by atoms with E-state index in [2.05, 4.69) is 29.6 Å². The Kier molecular flexibility index (Phi) is 7.63. The molecule has 2 aromatic rings. The molecule has 1 saturated carbocycles. The Balaban J connectivity index is 0.00000261. The Hall–Kier alpha value is -2.11. The molecule has 0 spiro atoms. The van der Waals surface area contributed by atoms with Crippen LogP contribution in [0, 0.1) is 11.8 Å². The summed E-state index contributed by atoms with van der Waals surface area (Å²) in [6.45, 7) is 0.282. The quantitative estimate of drug-likeness (QED) is 0.743. The minimum absolute atomic E-state index is 0. The van der Waals surface area contributed by atoms with Crippen molar-refractivity contribution in [1.82, 2.24) is 5.32 Å². The zero-order valence-corrected chi connectivity index (χ0v) is 16.3. The Morgan fingerprint density at radius 3 is 2.59 bits per heavy atom. The van der Waals surface area contributed by atoms with Crippen molar-refractivity contribution in [3.05, 3.63) is 48.0 Å². The van der Waals surface area contributed by atoms with Crippen molar-refractivity contribution in [3.63, 3.8) is 0 Å². The SMILES string of the molecule is COC(=O)C(CNC(=O)C1CCC(N)C1)Cc1ccc2ccccc2c1.Cl. The van der Waals surface area contributed by atoms with Crippen LogP contribution < -0.4 is 11.1 Å². The maximum absolute atomic E-state index is 12.3. The summed E-state index contributed by atoms with van der Waals surface area (Å²) < 4.78 is 4.94. The number of fused-ring (bicyclic) bond motifs is 1. The fraction of sp³-hybridized carbons (Fsp3) is 0.429. The van der Waals surface area contributed by atoms with Crippen molar-refractivity contribution in [1.29, 1.82) is 0 Å². The molecule has 0 saturated heterocycles. The van der Waals surface area contributed by atoms with E-state index in [1.807, 2.05) is 18.2 Å². The van der Waals surface area contributed by atoms with Crippen LogP contribution in [0.4, 0.5) is 0 Å². The van der Waals surface area contributed by atoms with Crippen LogP contribution >= 0.6 is 12.4 Å². The third kappa shape index (κ3) is 5.44. The molecule has 2 aromatic carbocycles. The van der Waals surface area contributed by atoms with Gasteiger partial charge in [0.2, 0.25) is 5.91 Å². The van der Waals surface area contributed by atoms with Gasteiger partial charge in [-0.1, -0.05) is 42.5 Å². The second kappa shape index (κ2) is 9.72. The molecule has 3 atom stereocenters. The summed E-state index contributed by atoms with van der Waals surface area (Å²) in [6, 6.07) is 14.4. The average molecular weight is 391 g/mol. The molecule has 1 aliphatic carbocycles. The van der Waals surface area contributed by atoms with E-state index in [-0.39, 0.29) is 42.8 Å². The monoisotopic (exact) mass is 390 g/mol. The van der Waals surface area contributed by atoms with E-state index < -0.39 is 5.92 Å². The van der Waals surface area contributed by atoms with E-state index in [4.69, 9.17) is 10.5 Å². The second-order valence-corrected chi connectivity index (χ2v) is 7.12. The predicted octanol–water partition coefficient (Wildman–Crippen LogP) is 2.84. The van der Waals surface area contributed by atoms with E-state index in [9.17, 15) is 9.59 Å². The van der Waals surface area contributed by atoms with E-state index >= 15 is 0 Å². The molecule has 0 aliphatic heterocycles. The molecule has 0 radical (unpaired) electrons. The maximum Gasteiger partial charge on any atom is 0.310 e. The van der Waals surface area contributed by atoms with E-state index in [1.54, 1.807) is 0 Å². The summed E-state index contributed by atoms with van der Waals surface area (Å²) in [6.07, 6.45) is 2.96. The maximum atomic E-state index is 12.3. The van der Waals surface area contributed by atoms with Gasteiger partial charge in [0.05, 0.1) is 13.0 Å². The number of nitrogens with one attached hydrogen (secondary N) is 1. The van der Waals surface area contributed by atoms with Gasteiger partial charge >= 0.3 is 5.97 Å². The number of benzene rings is 2. The topological polar surface area (TPSA) is 81.4 Å². The Morgan fingerprint density at radius 1 is 1.19 bits per heavy atom. The average Bonchev–Trinajstić information content (AvgIpc) is 3.10. The van der Waals surface area contributed by atoms with Gasteiger partial charge in [0.25, 0.3) is 0 Å².